The van der Waals surface area contributed by atoms with Crippen molar-refractivity contribution in [2.24, 2.45) is 16.7 Å². The number of carboxylic acids is 1. The molecule has 2 aromatic carbocycles. The number of sulfonamides is 1. The van der Waals surface area contributed by atoms with Crippen molar-refractivity contribution in [3.63, 3.8) is 0 Å². The number of carbonyl (C=O) groups excluding carboxylic acids is 2. The molecule has 0 spiro atoms. The second kappa shape index (κ2) is 11.3. The van der Waals surface area contributed by atoms with Gasteiger partial charge < -0.3 is 10.4 Å². The molecule has 2 aliphatic carbocycles. The molecule has 4 N–H and O–H groups in total. The first kappa shape index (κ1) is 29.4. The predicted molar refractivity (Wildman–Crippen MR) is 159 cm³/mol. The van der Waals surface area contributed by atoms with Gasteiger partial charge in [0, 0.05) is 23.7 Å². The first-order chi connectivity index (χ1) is 19.9. The number of hydrogen-bond acceptors (Lipinski definition) is 6. The number of fused-ring (bicyclic) bond motifs is 2. The van der Waals surface area contributed by atoms with Gasteiger partial charge in [-0.2, -0.15) is 0 Å². The van der Waals surface area contributed by atoms with Crippen LogP contribution in [0.25, 0.3) is 11.1 Å². The monoisotopic (exact) mass is 590 g/mol. The van der Waals surface area contributed by atoms with Crippen molar-refractivity contribution in [1.29, 1.82) is 0 Å². The van der Waals surface area contributed by atoms with Crippen LogP contribution >= 0.6 is 0 Å². The molecule has 3 atom stereocenters. The summed E-state index contributed by atoms with van der Waals surface area (Å²) in [6.07, 6.45) is 3.22. The van der Waals surface area contributed by atoms with E-state index in [-0.39, 0.29) is 18.1 Å². The molecule has 2 aliphatic rings. The van der Waals surface area contributed by atoms with E-state index in [1.165, 1.54) is 0 Å². The van der Waals surface area contributed by atoms with E-state index in [1.807, 2.05) is 32.0 Å². The fourth-order valence-electron chi connectivity index (χ4n) is 6.43. The van der Waals surface area contributed by atoms with Crippen molar-refractivity contribution in [2.45, 2.75) is 45.6 Å². The van der Waals surface area contributed by atoms with Gasteiger partial charge in [0.05, 0.1) is 5.75 Å². The van der Waals surface area contributed by atoms with Gasteiger partial charge in [-0.25, -0.2) is 22.9 Å². The van der Waals surface area contributed by atoms with Crippen LogP contribution in [0.3, 0.4) is 0 Å². The average Bonchev–Trinajstić information content (AvgIpc) is 3.28. The molecule has 2 amide bonds. The van der Waals surface area contributed by atoms with Crippen molar-refractivity contribution < 1.29 is 27.9 Å². The Kier molecular flexibility index (Phi) is 7.91. The van der Waals surface area contributed by atoms with Gasteiger partial charge in [0.1, 0.15) is 17.6 Å². The molecule has 42 heavy (non-hydrogen) atoms. The van der Waals surface area contributed by atoms with Crippen molar-refractivity contribution in [2.75, 3.05) is 16.4 Å². The topological polar surface area (TPSA) is 155 Å². The summed E-state index contributed by atoms with van der Waals surface area (Å²) in [5.74, 6) is -1.13. The van der Waals surface area contributed by atoms with Gasteiger partial charge in [-0.15, -0.1) is 0 Å². The van der Waals surface area contributed by atoms with E-state index in [9.17, 15) is 27.9 Å². The molecule has 1 aromatic heterocycles. The van der Waals surface area contributed by atoms with Crippen LogP contribution in [-0.4, -0.2) is 48.1 Å². The Balaban J connectivity index is 1.24. The number of benzene rings is 2. The maximum absolute atomic E-state index is 13.2. The number of pyridine rings is 1. The Bertz CT molecular complexity index is 1610. The molecule has 11 heteroatoms. The number of urea groups is 1. The highest BCUT2D eigenvalue weighted by molar-refractivity contribution is 7.89. The highest BCUT2D eigenvalue weighted by Gasteiger charge is 2.65. The van der Waals surface area contributed by atoms with Gasteiger partial charge >= 0.3 is 12.0 Å². The lowest BCUT2D eigenvalue weighted by atomic mass is 9.70. The van der Waals surface area contributed by atoms with Gasteiger partial charge in [-0.3, -0.25) is 14.9 Å². The number of carbonyl (C=O) groups is 3. The molecular formula is C31H34N4O6S. The first-order valence-corrected chi connectivity index (χ1v) is 15.5. The third kappa shape index (κ3) is 5.93. The van der Waals surface area contributed by atoms with Crippen LogP contribution in [0.5, 0.6) is 0 Å². The minimum absolute atomic E-state index is 0.0373. The molecule has 5 rings (SSSR count). The first-order valence-electron chi connectivity index (χ1n) is 13.8. The molecule has 1 heterocycles. The molecule has 0 radical (unpaired) electrons. The smallest absolute Gasteiger partial charge is 0.324 e. The summed E-state index contributed by atoms with van der Waals surface area (Å²) in [6.45, 7) is 3.90. The lowest BCUT2D eigenvalue weighted by molar-refractivity contribution is -0.138. The standard InChI is InChI=1S/C31H34N4O6S/c1-30(2)23-13-14-31(30,26(36)18-23)19-42(40,41)35-25(28(37)38)16-20-9-11-21(12-10-20)22-6-5-7-24(17-22)33-29(39)34-27-8-3-4-15-32-27/h3-12,15,17,23,25,35H,13-14,16,18-19H2,1-2H3,(H,37,38)(H2,32,33,34,39)/t23-,25?,31+/m0/s1. The van der Waals surface area contributed by atoms with E-state index in [0.717, 1.165) is 17.5 Å². The second-order valence-corrected chi connectivity index (χ2v) is 13.5. The Morgan fingerprint density at radius 2 is 1.79 bits per heavy atom. The summed E-state index contributed by atoms with van der Waals surface area (Å²) >= 11 is 0. The molecule has 1 unspecified atom stereocenters. The Hall–Kier alpha value is -4.09. The fraction of sp³-hybridized carbons (Fsp3) is 0.355. The molecule has 0 saturated heterocycles. The SMILES string of the molecule is CC1(C)[C@H]2CC[C@@]1(CS(=O)(=O)NC(Cc1ccc(-c3cccc(NC(=O)Nc4ccccn4)c3)cc1)C(=O)O)C(=O)C2. The molecule has 10 nitrogen and oxygen atoms in total. The zero-order valence-electron chi connectivity index (χ0n) is 23.5. The number of rotatable bonds is 10. The summed E-state index contributed by atoms with van der Waals surface area (Å²) in [5.41, 5.74) is 1.44. The largest absolute Gasteiger partial charge is 0.480 e. The minimum atomic E-state index is -4.06. The number of aromatic nitrogens is 1. The van der Waals surface area contributed by atoms with Gasteiger partial charge in [0.25, 0.3) is 0 Å². The average molecular weight is 591 g/mol. The van der Waals surface area contributed by atoms with Crippen molar-refractivity contribution >= 4 is 39.3 Å². The van der Waals surface area contributed by atoms with Crippen LogP contribution in [0, 0.1) is 16.7 Å². The van der Waals surface area contributed by atoms with Crippen LogP contribution in [0.15, 0.2) is 72.9 Å². The van der Waals surface area contributed by atoms with Gasteiger partial charge in [0.2, 0.25) is 10.0 Å². The van der Waals surface area contributed by atoms with E-state index in [2.05, 4.69) is 20.3 Å². The summed E-state index contributed by atoms with van der Waals surface area (Å²) in [4.78, 5) is 41.3. The summed E-state index contributed by atoms with van der Waals surface area (Å²) in [7, 11) is -4.06. The second-order valence-electron chi connectivity index (χ2n) is 11.7. The van der Waals surface area contributed by atoms with Crippen LogP contribution in [-0.2, 0) is 26.0 Å². The number of anilines is 2. The Morgan fingerprint density at radius 1 is 1.02 bits per heavy atom. The molecule has 2 saturated carbocycles. The molecule has 3 aromatic rings. The number of nitrogens with one attached hydrogen (secondary N) is 3. The van der Waals surface area contributed by atoms with E-state index < -0.39 is 44.6 Å². The van der Waals surface area contributed by atoms with Crippen molar-refractivity contribution in [3.05, 3.63) is 78.5 Å². The third-order valence-electron chi connectivity index (χ3n) is 8.95. The number of Topliss-reactive ketones (excluding diaryl/α,β-unsaturated/α-hetero) is 1. The number of carboxylic acid groups (broad SMARTS) is 1. The van der Waals surface area contributed by atoms with E-state index >= 15 is 0 Å². The van der Waals surface area contributed by atoms with Crippen LogP contribution in [0.4, 0.5) is 16.3 Å². The Labute approximate surface area is 245 Å². The van der Waals surface area contributed by atoms with Crippen molar-refractivity contribution in [3.8, 4) is 11.1 Å². The fourth-order valence-corrected chi connectivity index (χ4v) is 8.46. The maximum Gasteiger partial charge on any atom is 0.324 e. The van der Waals surface area contributed by atoms with Gasteiger partial charge in [0.15, 0.2) is 0 Å². The maximum atomic E-state index is 13.2. The quantitative estimate of drug-likeness (QED) is 0.267. The molecule has 2 fully saturated rings. The number of nitrogens with zero attached hydrogens (tertiary/aromatic N) is 1. The summed E-state index contributed by atoms with van der Waals surface area (Å²) < 4.78 is 28.7. The lowest BCUT2D eigenvalue weighted by Crippen LogP contribution is -2.49. The highest BCUT2D eigenvalue weighted by Crippen LogP contribution is 2.64. The highest BCUT2D eigenvalue weighted by atomic mass is 32.2. The zero-order valence-corrected chi connectivity index (χ0v) is 24.3. The van der Waals surface area contributed by atoms with E-state index in [0.29, 0.717) is 29.9 Å². The van der Waals surface area contributed by atoms with Crippen molar-refractivity contribution in [1.82, 2.24) is 9.71 Å². The molecule has 0 aliphatic heterocycles. The normalized spacial score (nSPS) is 21.6. The molecule has 220 valence electrons. The van der Waals surface area contributed by atoms with Gasteiger partial charge in [-0.1, -0.05) is 56.3 Å². The van der Waals surface area contributed by atoms with Crippen LogP contribution in [0.2, 0.25) is 0 Å². The van der Waals surface area contributed by atoms with Crippen LogP contribution < -0.4 is 15.4 Å². The van der Waals surface area contributed by atoms with E-state index in [1.54, 1.807) is 54.7 Å². The van der Waals surface area contributed by atoms with E-state index in [4.69, 9.17) is 0 Å². The third-order valence-corrected chi connectivity index (χ3v) is 10.5. The number of amides is 2. The summed E-state index contributed by atoms with van der Waals surface area (Å²) in [6, 6.07) is 17.7. The minimum Gasteiger partial charge on any atom is -0.480 e. The number of hydrogen-bond donors (Lipinski definition) is 4. The Morgan fingerprint density at radius 3 is 2.40 bits per heavy atom. The van der Waals surface area contributed by atoms with Gasteiger partial charge in [-0.05, 0) is 71.6 Å². The number of aliphatic carboxylic acids is 1. The zero-order chi connectivity index (χ0) is 30.1. The molecular weight excluding hydrogens is 556 g/mol. The number of ketones is 1. The lowest BCUT2D eigenvalue weighted by Gasteiger charge is -2.36. The molecule has 2 bridgehead atoms. The van der Waals surface area contributed by atoms with Crippen LogP contribution in [0.1, 0.15) is 38.7 Å². The predicted octanol–water partition coefficient (Wildman–Crippen LogP) is 4.70. The summed E-state index contributed by atoms with van der Waals surface area (Å²) in [5, 5.41) is 15.3.